The van der Waals surface area contributed by atoms with E-state index in [0.29, 0.717) is 29.4 Å². The van der Waals surface area contributed by atoms with Gasteiger partial charge >= 0.3 is 17.9 Å². The summed E-state index contributed by atoms with van der Waals surface area (Å²) >= 11 is 0. The topological polar surface area (TPSA) is 322 Å². The van der Waals surface area contributed by atoms with Crippen LogP contribution in [0.5, 0.6) is 6.01 Å². The van der Waals surface area contributed by atoms with Crippen LogP contribution < -0.4 is 20.6 Å². The van der Waals surface area contributed by atoms with Crippen molar-refractivity contribution in [3.63, 3.8) is 0 Å². The summed E-state index contributed by atoms with van der Waals surface area (Å²) in [4.78, 5) is 12.3. The van der Waals surface area contributed by atoms with Crippen LogP contribution in [0.15, 0.2) is 67.8 Å². The lowest BCUT2D eigenvalue weighted by molar-refractivity contribution is -0.632. The summed E-state index contributed by atoms with van der Waals surface area (Å²) in [6.45, 7) is 13.5. The van der Waals surface area contributed by atoms with Crippen molar-refractivity contribution < 1.29 is 40.2 Å². The summed E-state index contributed by atoms with van der Waals surface area (Å²) in [5, 5.41) is 38.5. The van der Waals surface area contributed by atoms with E-state index in [4.69, 9.17) is 16.6 Å². The first-order chi connectivity index (χ1) is 29.3. The molecule has 0 bridgehead atoms. The van der Waals surface area contributed by atoms with Crippen LogP contribution in [0.25, 0.3) is 34.0 Å². The maximum Gasteiger partial charge on any atom is 0.422 e. The van der Waals surface area contributed by atoms with Crippen LogP contribution in [0.1, 0.15) is 59.9 Å². The van der Waals surface area contributed by atoms with Gasteiger partial charge in [-0.05, 0) is 31.2 Å². The van der Waals surface area contributed by atoms with Gasteiger partial charge in [0.1, 0.15) is 27.8 Å². The molecule has 26 heteroatoms. The predicted molar refractivity (Wildman–Crippen MR) is 228 cm³/mol. The number of azo groups is 2. The van der Waals surface area contributed by atoms with Gasteiger partial charge in [-0.2, -0.15) is 51.3 Å². The van der Waals surface area contributed by atoms with Crippen LogP contribution in [0, 0.1) is 0 Å². The number of imidazole rings is 2. The molecule has 24 nitrogen and oxygen atoms in total. The van der Waals surface area contributed by atoms with Crippen molar-refractivity contribution in [3.8, 4) is 17.9 Å². The van der Waals surface area contributed by atoms with Gasteiger partial charge in [0.25, 0.3) is 32.1 Å². The van der Waals surface area contributed by atoms with Crippen LogP contribution in [-0.2, 0) is 58.3 Å². The van der Waals surface area contributed by atoms with Gasteiger partial charge in [-0.3, -0.25) is 9.11 Å². The van der Waals surface area contributed by atoms with Crippen molar-refractivity contribution in [3.05, 3.63) is 53.9 Å². The number of nitrogen functional groups attached to an aromatic ring is 2. The third kappa shape index (κ3) is 8.31. The molecule has 0 saturated heterocycles. The molecule has 7 aromatic rings. The number of fused-ring (bicyclic) bond motifs is 2. The molecule has 0 atom stereocenters. The minimum absolute atomic E-state index is 0.00918. The number of nitrogens with zero attached hydrogens (tertiary/aromatic N) is 15. The Balaban J connectivity index is 1.34. The van der Waals surface area contributed by atoms with Crippen LogP contribution >= 0.6 is 0 Å². The van der Waals surface area contributed by atoms with Crippen molar-refractivity contribution in [1.82, 2.24) is 43.6 Å². The number of aromatic hydroxyl groups is 1. The SMILES string of the molecule is CCn1c(N=Nc2c(C(C)(C)C)nn(-c3nc(O)nc(-n4nc(C(C)(C)C)c(N=Nc5n(CCS(=O)(=O)O)c6cc(S(=O)(=O)O)ccc6[n+]5C)c4N)n3)c2N)[n+](C)c2ccccc21. The zero-order valence-electron chi connectivity index (χ0n) is 35.8. The molecule has 0 aliphatic heterocycles. The molecule has 0 amide bonds. The number of anilines is 2. The maximum atomic E-state index is 12.0. The van der Waals surface area contributed by atoms with E-state index in [9.17, 15) is 31.0 Å². The van der Waals surface area contributed by atoms with Crippen LogP contribution in [0.3, 0.4) is 0 Å². The first-order valence-electron chi connectivity index (χ1n) is 19.3. The molecule has 7 N–H and O–H groups in total. The summed E-state index contributed by atoms with van der Waals surface area (Å²) in [5.74, 6) is -0.750. The number of nitrogens with two attached hydrogens (primary N) is 2. The van der Waals surface area contributed by atoms with Crippen molar-refractivity contribution in [2.75, 3.05) is 17.2 Å². The summed E-state index contributed by atoms with van der Waals surface area (Å²) in [6, 6.07) is 10.9. The number of rotatable bonds is 11. The molecule has 7 rings (SSSR count). The van der Waals surface area contributed by atoms with Crippen LogP contribution in [-0.4, -0.2) is 80.4 Å². The maximum absolute atomic E-state index is 12.0. The Morgan fingerprint density at radius 2 is 1.19 bits per heavy atom. The molecule has 2 aromatic carbocycles. The highest BCUT2D eigenvalue weighted by Crippen LogP contribution is 2.40. The Hall–Kier alpha value is -6.77. The van der Waals surface area contributed by atoms with Crippen molar-refractivity contribution in [2.45, 2.75) is 77.3 Å². The smallest absolute Gasteiger partial charge is 0.422 e. The van der Waals surface area contributed by atoms with Crippen LogP contribution in [0.2, 0.25) is 0 Å². The van der Waals surface area contributed by atoms with E-state index >= 15 is 0 Å². The highest BCUT2D eigenvalue weighted by molar-refractivity contribution is 7.86. The molecule has 332 valence electrons. The van der Waals surface area contributed by atoms with Gasteiger partial charge in [-0.1, -0.05) is 63.9 Å². The molecule has 63 heavy (non-hydrogen) atoms. The molecular weight excluding hydrogens is 859 g/mol. The van der Waals surface area contributed by atoms with E-state index in [1.54, 1.807) is 7.05 Å². The van der Waals surface area contributed by atoms with E-state index in [2.05, 4.69) is 40.5 Å². The highest BCUT2D eigenvalue weighted by atomic mass is 32.2. The fraction of sp³-hybridized carbons (Fsp3) is 0.378. The Labute approximate surface area is 360 Å². The molecule has 0 aliphatic rings. The average Bonchev–Trinajstić information content (AvgIpc) is 3.88. The molecule has 5 aromatic heterocycles. The molecule has 0 spiro atoms. The minimum Gasteiger partial charge on any atom is -0.479 e. The normalized spacial score (nSPS) is 13.2. The standard InChI is InChI=1S/C37H45N17O7S2/c1-10-51-23-14-12-11-13-21(23)49(8)34(51)45-43-25-27(36(2,3)4)47-53(29(25)38)31-40-32(42-33(55)41-31)54-30(39)26(28(48-54)37(5,6)7)44-46-35-50(9)22-16-15-20(63(59,60)61)19-24(22)52(35)17-18-62(56,57)58/h11-16,19,38-39H,10,17-18H2,1-9H3,(H3,40,41,42,55,56,57,58,59,60,61)/p+2. The average molecular weight is 906 g/mol. The summed E-state index contributed by atoms with van der Waals surface area (Å²) in [6.07, 6.45) is 0. The Bertz CT molecular complexity index is 3260. The molecular formula is C37H47N17O7S2+2. The second-order valence-electron chi connectivity index (χ2n) is 16.6. The van der Waals surface area contributed by atoms with E-state index < -0.39 is 47.7 Å². The van der Waals surface area contributed by atoms with E-state index in [-0.39, 0.29) is 52.9 Å². The van der Waals surface area contributed by atoms with Crippen molar-refractivity contribution in [2.24, 2.45) is 34.6 Å². The first kappa shape index (κ1) is 44.3. The number of aryl methyl sites for hydroxylation is 4. The van der Waals surface area contributed by atoms with Gasteiger partial charge in [0.2, 0.25) is 0 Å². The molecule has 0 fully saturated rings. The molecule has 0 unspecified atom stereocenters. The monoisotopic (exact) mass is 905 g/mol. The summed E-state index contributed by atoms with van der Waals surface area (Å²) in [7, 11) is -5.68. The van der Waals surface area contributed by atoms with Gasteiger partial charge in [0, 0.05) is 27.1 Å². The molecule has 0 radical (unpaired) electrons. The second-order valence-corrected chi connectivity index (χ2v) is 19.6. The number of aromatic nitrogens is 11. The third-order valence-corrected chi connectivity index (χ3v) is 11.6. The zero-order valence-corrected chi connectivity index (χ0v) is 37.4. The second kappa shape index (κ2) is 15.5. The highest BCUT2D eigenvalue weighted by Gasteiger charge is 2.33. The zero-order chi connectivity index (χ0) is 46.1. The van der Waals surface area contributed by atoms with Crippen molar-refractivity contribution in [1.29, 1.82) is 0 Å². The van der Waals surface area contributed by atoms with E-state index in [0.717, 1.165) is 21.8 Å². The van der Waals surface area contributed by atoms with Crippen LogP contribution in [0.4, 0.5) is 34.9 Å². The van der Waals surface area contributed by atoms with Crippen molar-refractivity contribution >= 4 is 77.2 Å². The van der Waals surface area contributed by atoms with Gasteiger partial charge < -0.3 is 16.6 Å². The largest absolute Gasteiger partial charge is 0.479 e. The van der Waals surface area contributed by atoms with Gasteiger partial charge in [-0.15, -0.1) is 0 Å². The Morgan fingerprint density at radius 1 is 0.698 bits per heavy atom. The Morgan fingerprint density at radius 3 is 1.67 bits per heavy atom. The quantitative estimate of drug-likeness (QED) is 0.0689. The minimum atomic E-state index is -4.65. The lowest BCUT2D eigenvalue weighted by Crippen LogP contribution is -2.27. The summed E-state index contributed by atoms with van der Waals surface area (Å²) in [5.41, 5.74) is 15.6. The lowest BCUT2D eigenvalue weighted by Gasteiger charge is -2.15. The van der Waals surface area contributed by atoms with E-state index in [1.807, 2.05) is 88.9 Å². The number of para-hydroxylation sites is 2. The van der Waals surface area contributed by atoms with Gasteiger partial charge in [0.05, 0.1) is 43.5 Å². The number of hydrogen-bond donors (Lipinski definition) is 5. The number of benzene rings is 2. The Kier molecular flexibility index (Phi) is 10.9. The summed E-state index contributed by atoms with van der Waals surface area (Å²) < 4.78 is 76.1. The molecule has 0 aliphatic carbocycles. The third-order valence-electron chi connectivity index (χ3n) is 10.1. The fourth-order valence-electron chi connectivity index (χ4n) is 6.99. The fourth-order valence-corrected chi connectivity index (χ4v) is 7.91. The van der Waals surface area contributed by atoms with Gasteiger partial charge in [-0.25, -0.2) is 18.3 Å². The number of hydrogen-bond acceptors (Lipinski definition) is 16. The van der Waals surface area contributed by atoms with Gasteiger partial charge in [0.15, 0.2) is 23.0 Å². The molecule has 0 saturated carbocycles. The predicted octanol–water partition coefficient (Wildman–Crippen LogP) is 4.25. The molecule has 5 heterocycles. The lowest BCUT2D eigenvalue weighted by atomic mass is 9.91. The first-order valence-corrected chi connectivity index (χ1v) is 22.3. The van der Waals surface area contributed by atoms with E-state index in [1.165, 1.54) is 25.9 Å².